The number of aliphatic carboxylic acids is 1. The van der Waals surface area contributed by atoms with E-state index < -0.39 is 11.7 Å². The van der Waals surface area contributed by atoms with Gasteiger partial charge in [-0.05, 0) is 29.9 Å². The number of fused-ring (bicyclic) bond motifs is 1. The molecule has 4 heteroatoms. The average molecular weight is 279 g/mol. The summed E-state index contributed by atoms with van der Waals surface area (Å²) in [7, 11) is 0. The summed E-state index contributed by atoms with van der Waals surface area (Å²) in [6.07, 6.45) is 11.6. The fraction of sp³-hybridized carbons (Fsp3) is 0.118. The minimum absolute atomic E-state index is 0.232. The third kappa shape index (κ3) is 1.53. The first kappa shape index (κ1) is 12.0. The van der Waals surface area contributed by atoms with Gasteiger partial charge in [0.25, 0.3) is 0 Å². The number of allylic oxidation sites excluding steroid dienone is 4. The molecule has 4 rings (SSSR count). The Kier molecular flexibility index (Phi) is 2.36. The number of ether oxygens (including phenoxy) is 1. The first-order chi connectivity index (χ1) is 10.2. The summed E-state index contributed by atoms with van der Waals surface area (Å²) in [4.78, 5) is 13.5. The maximum absolute atomic E-state index is 11.7. The van der Waals surface area contributed by atoms with Crippen LogP contribution in [0.25, 0.3) is 0 Å². The average Bonchev–Trinajstić information content (AvgIpc) is 2.50. The van der Waals surface area contributed by atoms with E-state index in [9.17, 15) is 9.90 Å². The molecule has 4 nitrogen and oxygen atoms in total. The van der Waals surface area contributed by atoms with Crippen LogP contribution in [0.4, 0.5) is 0 Å². The Labute approximate surface area is 121 Å². The van der Waals surface area contributed by atoms with Gasteiger partial charge in [0.05, 0.1) is 0 Å². The molecule has 1 atom stereocenters. The summed E-state index contributed by atoms with van der Waals surface area (Å²) in [6.45, 7) is 0. The fourth-order valence-corrected chi connectivity index (χ4v) is 3.13. The Morgan fingerprint density at radius 1 is 1.19 bits per heavy atom. The van der Waals surface area contributed by atoms with Crippen molar-refractivity contribution in [1.82, 2.24) is 4.90 Å². The molecule has 0 fully saturated rings. The molecule has 0 amide bonds. The molecule has 1 unspecified atom stereocenters. The second-order valence-corrected chi connectivity index (χ2v) is 5.20. The highest BCUT2D eigenvalue weighted by molar-refractivity contribution is 5.91. The Bertz CT molecular complexity index is 757. The topological polar surface area (TPSA) is 49.8 Å². The van der Waals surface area contributed by atoms with Gasteiger partial charge in [-0.15, -0.1) is 0 Å². The summed E-state index contributed by atoms with van der Waals surface area (Å²) in [5, 5.41) is 9.60. The van der Waals surface area contributed by atoms with Crippen LogP contribution >= 0.6 is 0 Å². The smallest absolute Gasteiger partial charge is 0.338 e. The zero-order chi connectivity index (χ0) is 14.4. The number of rotatable bonds is 1. The van der Waals surface area contributed by atoms with Crippen LogP contribution in [0.1, 0.15) is 5.56 Å². The second kappa shape index (κ2) is 4.12. The monoisotopic (exact) mass is 279 g/mol. The molecular formula is C17H13NO3. The van der Waals surface area contributed by atoms with E-state index in [1.54, 1.807) is 12.2 Å². The Morgan fingerprint density at radius 2 is 1.95 bits per heavy atom. The first-order valence-electron chi connectivity index (χ1n) is 6.77. The molecule has 1 aromatic rings. The summed E-state index contributed by atoms with van der Waals surface area (Å²) < 4.78 is 6.21. The molecule has 0 radical (unpaired) electrons. The summed E-state index contributed by atoms with van der Waals surface area (Å²) >= 11 is 0. The number of benzene rings is 1. The zero-order valence-electron chi connectivity index (χ0n) is 11.2. The lowest BCUT2D eigenvalue weighted by molar-refractivity contribution is -0.136. The van der Waals surface area contributed by atoms with Crippen molar-refractivity contribution in [2.24, 2.45) is 0 Å². The normalized spacial score (nSPS) is 25.0. The van der Waals surface area contributed by atoms with Crippen LogP contribution in [0, 0.1) is 0 Å². The quantitative estimate of drug-likeness (QED) is 0.858. The highest BCUT2D eigenvalue weighted by Crippen LogP contribution is 2.46. The molecule has 0 aromatic heterocycles. The third-order valence-corrected chi connectivity index (χ3v) is 4.06. The molecule has 104 valence electrons. The molecule has 21 heavy (non-hydrogen) atoms. The molecule has 0 bridgehead atoms. The van der Waals surface area contributed by atoms with E-state index in [2.05, 4.69) is 0 Å². The van der Waals surface area contributed by atoms with E-state index in [0.29, 0.717) is 6.42 Å². The number of carboxylic acids is 1. The van der Waals surface area contributed by atoms with Gasteiger partial charge in [-0.2, -0.15) is 0 Å². The standard InChI is InChI=1S/C17H13NO3/c19-16(20)14-7-4-10-18-9-3-6-13-11-12-5-1-2-8-15(12)21-17(13,14)18/h1-10H,11H2,(H,19,20). The van der Waals surface area contributed by atoms with E-state index >= 15 is 0 Å². The second-order valence-electron chi connectivity index (χ2n) is 5.20. The Balaban J connectivity index is 1.94. The van der Waals surface area contributed by atoms with Crippen molar-refractivity contribution in [2.45, 2.75) is 12.1 Å². The highest BCUT2D eigenvalue weighted by atomic mass is 16.5. The molecule has 0 aliphatic carbocycles. The molecule has 1 spiro atoms. The number of para-hydroxylation sites is 1. The molecule has 3 aliphatic heterocycles. The molecule has 0 saturated carbocycles. The van der Waals surface area contributed by atoms with Crippen molar-refractivity contribution in [2.75, 3.05) is 0 Å². The van der Waals surface area contributed by atoms with Crippen LogP contribution < -0.4 is 4.74 Å². The van der Waals surface area contributed by atoms with Crippen molar-refractivity contribution in [1.29, 1.82) is 0 Å². The number of nitrogens with zero attached hydrogens (tertiary/aromatic N) is 1. The Hall–Kier alpha value is -2.75. The minimum Gasteiger partial charge on any atom is -0.478 e. The third-order valence-electron chi connectivity index (χ3n) is 4.06. The SMILES string of the molecule is O=C(O)C1=CC=CN2C=CC=C3Cc4ccccc4OC312. The van der Waals surface area contributed by atoms with E-state index in [4.69, 9.17) is 4.74 Å². The fourth-order valence-electron chi connectivity index (χ4n) is 3.13. The summed E-state index contributed by atoms with van der Waals surface area (Å²) in [6, 6.07) is 7.76. The lowest BCUT2D eigenvalue weighted by Gasteiger charge is -2.48. The van der Waals surface area contributed by atoms with Crippen molar-refractivity contribution in [3.63, 3.8) is 0 Å². The van der Waals surface area contributed by atoms with Crippen LogP contribution in [-0.2, 0) is 11.2 Å². The summed E-state index contributed by atoms with van der Waals surface area (Å²) in [5.41, 5.74) is 1.17. The molecule has 1 aromatic carbocycles. The van der Waals surface area contributed by atoms with Crippen molar-refractivity contribution >= 4 is 5.97 Å². The van der Waals surface area contributed by atoms with Gasteiger partial charge in [-0.3, -0.25) is 0 Å². The van der Waals surface area contributed by atoms with Crippen LogP contribution in [0.15, 0.2) is 72.1 Å². The van der Waals surface area contributed by atoms with Gasteiger partial charge in [0.2, 0.25) is 5.72 Å². The van der Waals surface area contributed by atoms with Gasteiger partial charge in [-0.25, -0.2) is 4.79 Å². The maximum atomic E-state index is 11.7. The molecule has 1 N–H and O–H groups in total. The van der Waals surface area contributed by atoms with E-state index in [-0.39, 0.29) is 5.57 Å². The van der Waals surface area contributed by atoms with Crippen LogP contribution in [0.5, 0.6) is 5.75 Å². The van der Waals surface area contributed by atoms with E-state index in [1.165, 1.54) is 0 Å². The predicted molar refractivity (Wildman–Crippen MR) is 77.4 cm³/mol. The van der Waals surface area contributed by atoms with Gasteiger partial charge in [0.15, 0.2) is 0 Å². The maximum Gasteiger partial charge on any atom is 0.338 e. The number of hydrogen-bond acceptors (Lipinski definition) is 3. The minimum atomic E-state index is -1.07. The van der Waals surface area contributed by atoms with Crippen LogP contribution in [0.3, 0.4) is 0 Å². The number of hydrogen-bond donors (Lipinski definition) is 1. The first-order valence-corrected chi connectivity index (χ1v) is 6.77. The Morgan fingerprint density at radius 3 is 2.76 bits per heavy atom. The van der Waals surface area contributed by atoms with Crippen LogP contribution in [-0.4, -0.2) is 21.7 Å². The largest absolute Gasteiger partial charge is 0.478 e. The van der Waals surface area contributed by atoms with Crippen LogP contribution in [0.2, 0.25) is 0 Å². The van der Waals surface area contributed by atoms with E-state index in [1.807, 2.05) is 53.7 Å². The van der Waals surface area contributed by atoms with Gasteiger partial charge in [-0.1, -0.05) is 24.3 Å². The number of carbonyl (C=O) groups is 1. The van der Waals surface area contributed by atoms with Crippen molar-refractivity contribution < 1.29 is 14.6 Å². The predicted octanol–water partition coefficient (Wildman–Crippen LogP) is 2.61. The molecule has 3 heterocycles. The lowest BCUT2D eigenvalue weighted by Crippen LogP contribution is -2.57. The highest BCUT2D eigenvalue weighted by Gasteiger charge is 2.51. The number of carboxylic acid groups (broad SMARTS) is 1. The van der Waals surface area contributed by atoms with Gasteiger partial charge >= 0.3 is 5.97 Å². The zero-order valence-corrected chi connectivity index (χ0v) is 11.2. The van der Waals surface area contributed by atoms with Gasteiger partial charge < -0.3 is 14.7 Å². The molecule has 0 saturated heterocycles. The lowest BCUT2D eigenvalue weighted by atomic mass is 9.82. The van der Waals surface area contributed by atoms with Gasteiger partial charge in [0.1, 0.15) is 11.3 Å². The molecular weight excluding hydrogens is 266 g/mol. The summed E-state index contributed by atoms with van der Waals surface area (Å²) in [5.74, 6) is -0.234. The van der Waals surface area contributed by atoms with Crippen molar-refractivity contribution in [3.05, 3.63) is 77.7 Å². The molecule has 3 aliphatic rings. The van der Waals surface area contributed by atoms with Crippen molar-refractivity contribution in [3.8, 4) is 5.75 Å². The van der Waals surface area contributed by atoms with Gasteiger partial charge in [0, 0.05) is 24.4 Å². The van der Waals surface area contributed by atoms with E-state index in [0.717, 1.165) is 16.9 Å².